The molecule has 0 amide bonds. The summed E-state index contributed by atoms with van der Waals surface area (Å²) in [5.74, 6) is 0.699. The van der Waals surface area contributed by atoms with Crippen LogP contribution in [0.1, 0.15) is 40.0 Å². The number of unbranched alkanes of at least 4 members (excludes halogenated alkanes) is 1. The van der Waals surface area contributed by atoms with Gasteiger partial charge in [-0.15, -0.1) is 0 Å². The molecule has 0 bridgehead atoms. The molecule has 0 aromatic rings. The van der Waals surface area contributed by atoms with Crippen LogP contribution in [0.2, 0.25) is 0 Å². The average molecular weight is 129 g/mol. The maximum atomic E-state index is 5.68. The van der Waals surface area contributed by atoms with Gasteiger partial charge in [0.2, 0.25) is 0 Å². The molecule has 0 spiro atoms. The highest BCUT2D eigenvalue weighted by molar-refractivity contribution is 4.62. The van der Waals surface area contributed by atoms with Gasteiger partial charge in [-0.1, -0.05) is 26.7 Å². The molecule has 0 rings (SSSR count). The smallest absolute Gasteiger partial charge is 0.00361 e. The minimum absolute atomic E-state index is 0.372. The largest absolute Gasteiger partial charge is 0.328 e. The molecule has 0 aliphatic carbocycles. The Bertz CT molecular complexity index is 59.6. The van der Waals surface area contributed by atoms with Gasteiger partial charge in [-0.3, -0.25) is 0 Å². The van der Waals surface area contributed by atoms with Crippen LogP contribution in [0.4, 0.5) is 0 Å². The molecule has 0 saturated carbocycles. The second-order valence-electron chi connectivity index (χ2n) is 2.98. The lowest BCUT2D eigenvalue weighted by molar-refractivity contribution is 0.435. The van der Waals surface area contributed by atoms with Gasteiger partial charge in [0.05, 0.1) is 0 Å². The van der Waals surface area contributed by atoms with Crippen molar-refractivity contribution < 1.29 is 0 Å². The summed E-state index contributed by atoms with van der Waals surface area (Å²) in [5, 5.41) is 0. The van der Waals surface area contributed by atoms with Crippen LogP contribution in [0, 0.1) is 5.92 Å². The summed E-state index contributed by atoms with van der Waals surface area (Å²) in [7, 11) is 0. The fraction of sp³-hybridized carbons (Fsp3) is 1.00. The standard InChI is InChI=1S/C8H19N/c1-4-5-6-7(2)8(3)9/h7-8H,4-6,9H2,1-3H3. The Morgan fingerprint density at radius 3 is 2.22 bits per heavy atom. The predicted molar refractivity (Wildman–Crippen MR) is 42.3 cm³/mol. The normalized spacial score (nSPS) is 17.3. The Morgan fingerprint density at radius 2 is 1.89 bits per heavy atom. The second kappa shape index (κ2) is 4.80. The third-order valence-corrected chi connectivity index (χ3v) is 1.91. The predicted octanol–water partition coefficient (Wildman–Crippen LogP) is 2.16. The third-order valence-electron chi connectivity index (χ3n) is 1.91. The van der Waals surface area contributed by atoms with Crippen LogP contribution in [-0.4, -0.2) is 6.04 Å². The van der Waals surface area contributed by atoms with Crippen molar-refractivity contribution in [3.63, 3.8) is 0 Å². The van der Waals surface area contributed by atoms with Crippen LogP contribution in [0.25, 0.3) is 0 Å². The zero-order chi connectivity index (χ0) is 7.28. The van der Waals surface area contributed by atoms with Gasteiger partial charge in [0.1, 0.15) is 0 Å². The maximum Gasteiger partial charge on any atom is 0.00361 e. The van der Waals surface area contributed by atoms with Gasteiger partial charge in [-0.2, -0.15) is 0 Å². The van der Waals surface area contributed by atoms with E-state index in [9.17, 15) is 0 Å². The topological polar surface area (TPSA) is 26.0 Å². The molecule has 0 saturated heterocycles. The van der Waals surface area contributed by atoms with Crippen LogP contribution in [0.5, 0.6) is 0 Å². The molecule has 56 valence electrons. The lowest BCUT2D eigenvalue weighted by atomic mass is 9.98. The second-order valence-corrected chi connectivity index (χ2v) is 2.98. The lowest BCUT2D eigenvalue weighted by Gasteiger charge is -2.13. The highest BCUT2D eigenvalue weighted by Crippen LogP contribution is 2.09. The van der Waals surface area contributed by atoms with Crippen molar-refractivity contribution in [1.29, 1.82) is 0 Å². The minimum Gasteiger partial charge on any atom is -0.328 e. The van der Waals surface area contributed by atoms with Crippen molar-refractivity contribution in [1.82, 2.24) is 0 Å². The van der Waals surface area contributed by atoms with E-state index in [2.05, 4.69) is 20.8 Å². The molecular formula is C8H19N. The van der Waals surface area contributed by atoms with Crippen LogP contribution in [0.15, 0.2) is 0 Å². The minimum atomic E-state index is 0.372. The molecular weight excluding hydrogens is 110 g/mol. The first-order valence-electron chi connectivity index (χ1n) is 3.94. The van der Waals surface area contributed by atoms with E-state index in [-0.39, 0.29) is 0 Å². The van der Waals surface area contributed by atoms with Crippen molar-refractivity contribution in [2.24, 2.45) is 11.7 Å². The highest BCUT2D eigenvalue weighted by atomic mass is 14.6. The number of hydrogen-bond acceptors (Lipinski definition) is 1. The van der Waals surface area contributed by atoms with Gasteiger partial charge in [-0.05, 0) is 19.3 Å². The summed E-state index contributed by atoms with van der Waals surface area (Å²) in [6.07, 6.45) is 3.90. The van der Waals surface area contributed by atoms with Crippen molar-refractivity contribution in [3.05, 3.63) is 0 Å². The molecule has 0 heterocycles. The molecule has 0 aromatic carbocycles. The average Bonchev–Trinajstić information content (AvgIpc) is 1.82. The van der Waals surface area contributed by atoms with Crippen LogP contribution in [0.3, 0.4) is 0 Å². The van der Waals surface area contributed by atoms with E-state index in [0.29, 0.717) is 12.0 Å². The van der Waals surface area contributed by atoms with Gasteiger partial charge in [0.15, 0.2) is 0 Å². The number of hydrogen-bond donors (Lipinski definition) is 1. The van der Waals surface area contributed by atoms with E-state index in [1.165, 1.54) is 19.3 Å². The molecule has 2 atom stereocenters. The molecule has 9 heavy (non-hydrogen) atoms. The molecule has 0 fully saturated rings. The van der Waals surface area contributed by atoms with E-state index in [1.807, 2.05) is 0 Å². The summed E-state index contributed by atoms with van der Waals surface area (Å²) in [4.78, 5) is 0. The Kier molecular flexibility index (Phi) is 4.78. The maximum absolute atomic E-state index is 5.68. The van der Waals surface area contributed by atoms with Crippen molar-refractivity contribution in [3.8, 4) is 0 Å². The first-order chi connectivity index (χ1) is 4.18. The fourth-order valence-electron chi connectivity index (χ4n) is 0.789. The Morgan fingerprint density at radius 1 is 1.33 bits per heavy atom. The molecule has 1 nitrogen and oxygen atoms in total. The first-order valence-corrected chi connectivity index (χ1v) is 3.94. The summed E-state index contributed by atoms with van der Waals surface area (Å²) in [6, 6.07) is 0.372. The lowest BCUT2D eigenvalue weighted by Crippen LogP contribution is -2.23. The van der Waals surface area contributed by atoms with Crippen LogP contribution < -0.4 is 5.73 Å². The number of nitrogens with two attached hydrogens (primary N) is 1. The Hall–Kier alpha value is -0.0400. The zero-order valence-electron chi connectivity index (χ0n) is 6.85. The third kappa shape index (κ3) is 4.46. The summed E-state index contributed by atoms with van der Waals surface area (Å²) in [5.41, 5.74) is 5.68. The number of rotatable bonds is 4. The molecule has 2 N–H and O–H groups in total. The molecule has 0 radical (unpaired) electrons. The Balaban J connectivity index is 3.16. The van der Waals surface area contributed by atoms with E-state index in [4.69, 9.17) is 5.73 Å². The zero-order valence-corrected chi connectivity index (χ0v) is 6.85. The highest BCUT2D eigenvalue weighted by Gasteiger charge is 2.04. The quantitative estimate of drug-likeness (QED) is 0.618. The molecule has 2 unspecified atom stereocenters. The first kappa shape index (κ1) is 8.96. The summed E-state index contributed by atoms with van der Waals surface area (Å²) >= 11 is 0. The van der Waals surface area contributed by atoms with E-state index < -0.39 is 0 Å². The van der Waals surface area contributed by atoms with Gasteiger partial charge >= 0.3 is 0 Å². The van der Waals surface area contributed by atoms with Crippen molar-refractivity contribution in [2.75, 3.05) is 0 Å². The van der Waals surface area contributed by atoms with Crippen molar-refractivity contribution in [2.45, 2.75) is 46.1 Å². The van der Waals surface area contributed by atoms with Crippen LogP contribution in [-0.2, 0) is 0 Å². The van der Waals surface area contributed by atoms with Crippen LogP contribution >= 0.6 is 0 Å². The van der Waals surface area contributed by atoms with E-state index >= 15 is 0 Å². The van der Waals surface area contributed by atoms with Gasteiger partial charge in [0, 0.05) is 6.04 Å². The summed E-state index contributed by atoms with van der Waals surface area (Å²) < 4.78 is 0. The van der Waals surface area contributed by atoms with Crippen molar-refractivity contribution >= 4 is 0 Å². The molecule has 0 aliphatic rings. The van der Waals surface area contributed by atoms with E-state index in [1.54, 1.807) is 0 Å². The Labute approximate surface area is 58.6 Å². The van der Waals surface area contributed by atoms with E-state index in [0.717, 1.165) is 0 Å². The summed E-state index contributed by atoms with van der Waals surface area (Å²) in [6.45, 7) is 6.52. The molecule has 1 heteroatoms. The molecule has 0 aromatic heterocycles. The SMILES string of the molecule is CCCCC(C)C(C)N. The van der Waals surface area contributed by atoms with Gasteiger partial charge < -0.3 is 5.73 Å². The van der Waals surface area contributed by atoms with Gasteiger partial charge in [-0.25, -0.2) is 0 Å². The fourth-order valence-corrected chi connectivity index (χ4v) is 0.789. The molecule has 0 aliphatic heterocycles. The van der Waals surface area contributed by atoms with Gasteiger partial charge in [0.25, 0.3) is 0 Å². The monoisotopic (exact) mass is 129 g/mol.